The molecule has 2 atom stereocenters. The first-order valence-electron chi connectivity index (χ1n) is 6.72. The summed E-state index contributed by atoms with van der Waals surface area (Å²) in [5.74, 6) is 0. The Morgan fingerprint density at radius 1 is 1.37 bits per heavy atom. The smallest absolute Gasteiger partial charge is 0.101 e. The van der Waals surface area contributed by atoms with Crippen molar-refractivity contribution in [3.8, 4) is 0 Å². The predicted molar refractivity (Wildman–Crippen MR) is 84.8 cm³/mol. The standard InChI is InChI=1S/C15H20Br2O2/c1-15(11-16,13-7-2-3-8-14(13)17)19-10-12-6-4-5-9-18-12/h2-3,7-8,12H,4-6,9-11H2,1H3. The van der Waals surface area contributed by atoms with E-state index < -0.39 is 0 Å². The number of hydrogen-bond acceptors (Lipinski definition) is 2. The van der Waals surface area contributed by atoms with Crippen molar-refractivity contribution in [3.63, 3.8) is 0 Å². The average Bonchev–Trinajstić information content (AvgIpc) is 2.46. The maximum absolute atomic E-state index is 6.18. The van der Waals surface area contributed by atoms with Gasteiger partial charge in [0.2, 0.25) is 0 Å². The van der Waals surface area contributed by atoms with Crippen LogP contribution in [-0.4, -0.2) is 24.6 Å². The SMILES string of the molecule is CC(CBr)(OCC1CCCCO1)c1ccccc1Br. The molecule has 106 valence electrons. The third-order valence-corrected chi connectivity index (χ3v) is 5.32. The van der Waals surface area contributed by atoms with E-state index in [1.807, 2.05) is 12.1 Å². The van der Waals surface area contributed by atoms with Crippen molar-refractivity contribution in [2.75, 3.05) is 18.5 Å². The summed E-state index contributed by atoms with van der Waals surface area (Å²) < 4.78 is 13.0. The Kier molecular flexibility index (Phi) is 5.87. The summed E-state index contributed by atoms with van der Waals surface area (Å²) in [7, 11) is 0. The molecule has 1 aromatic rings. The van der Waals surface area contributed by atoms with Gasteiger partial charge >= 0.3 is 0 Å². The molecular formula is C15H20Br2O2. The molecule has 0 N–H and O–H groups in total. The van der Waals surface area contributed by atoms with E-state index in [2.05, 4.69) is 50.9 Å². The Morgan fingerprint density at radius 2 is 2.16 bits per heavy atom. The van der Waals surface area contributed by atoms with Crippen LogP contribution in [0.4, 0.5) is 0 Å². The topological polar surface area (TPSA) is 18.5 Å². The molecule has 19 heavy (non-hydrogen) atoms. The predicted octanol–water partition coefficient (Wildman–Crippen LogP) is 4.64. The molecule has 0 saturated carbocycles. The lowest BCUT2D eigenvalue weighted by atomic mass is 9.98. The van der Waals surface area contributed by atoms with E-state index in [4.69, 9.17) is 9.47 Å². The second kappa shape index (κ2) is 7.21. The highest BCUT2D eigenvalue weighted by Crippen LogP contribution is 2.33. The molecule has 0 bridgehead atoms. The van der Waals surface area contributed by atoms with Gasteiger partial charge < -0.3 is 9.47 Å². The molecule has 2 rings (SSSR count). The zero-order chi connectivity index (χ0) is 13.7. The van der Waals surface area contributed by atoms with Gasteiger partial charge in [0.15, 0.2) is 0 Å². The molecule has 1 aromatic carbocycles. The van der Waals surface area contributed by atoms with E-state index in [1.165, 1.54) is 18.4 Å². The summed E-state index contributed by atoms with van der Waals surface area (Å²) in [4.78, 5) is 0. The molecule has 1 aliphatic heterocycles. The molecule has 1 heterocycles. The van der Waals surface area contributed by atoms with E-state index in [0.717, 1.165) is 22.8 Å². The Labute approximate surface area is 132 Å². The molecule has 2 nitrogen and oxygen atoms in total. The van der Waals surface area contributed by atoms with Crippen molar-refractivity contribution in [2.24, 2.45) is 0 Å². The van der Waals surface area contributed by atoms with Gasteiger partial charge in [0, 0.05) is 16.4 Å². The Morgan fingerprint density at radius 3 is 2.79 bits per heavy atom. The summed E-state index contributed by atoms with van der Waals surface area (Å²) >= 11 is 7.19. The van der Waals surface area contributed by atoms with Gasteiger partial charge in [-0.15, -0.1) is 0 Å². The highest BCUT2D eigenvalue weighted by Gasteiger charge is 2.30. The summed E-state index contributed by atoms with van der Waals surface area (Å²) in [5, 5.41) is 0.759. The first-order valence-corrected chi connectivity index (χ1v) is 8.64. The molecule has 2 unspecified atom stereocenters. The monoisotopic (exact) mass is 390 g/mol. The van der Waals surface area contributed by atoms with Gasteiger partial charge in [0.1, 0.15) is 5.60 Å². The van der Waals surface area contributed by atoms with Crippen LogP contribution in [0.1, 0.15) is 31.7 Å². The molecule has 0 spiro atoms. The minimum Gasteiger partial charge on any atom is -0.376 e. The Balaban J connectivity index is 2.03. The molecule has 1 fully saturated rings. The number of hydrogen-bond donors (Lipinski definition) is 0. The number of halogens is 2. The van der Waals surface area contributed by atoms with Crippen LogP contribution < -0.4 is 0 Å². The third-order valence-electron chi connectivity index (χ3n) is 3.56. The van der Waals surface area contributed by atoms with E-state index in [9.17, 15) is 0 Å². The van der Waals surface area contributed by atoms with Gasteiger partial charge in [-0.1, -0.05) is 50.1 Å². The fourth-order valence-corrected chi connectivity index (χ4v) is 3.46. The summed E-state index contributed by atoms with van der Waals surface area (Å²) in [5.41, 5.74) is 0.837. The van der Waals surface area contributed by atoms with Crippen molar-refractivity contribution in [1.29, 1.82) is 0 Å². The van der Waals surface area contributed by atoms with E-state index >= 15 is 0 Å². The van der Waals surface area contributed by atoms with Gasteiger partial charge in [0.05, 0.1) is 12.7 Å². The fraction of sp³-hybridized carbons (Fsp3) is 0.600. The van der Waals surface area contributed by atoms with E-state index in [0.29, 0.717) is 6.61 Å². The van der Waals surface area contributed by atoms with Crippen molar-refractivity contribution in [2.45, 2.75) is 37.9 Å². The number of rotatable bonds is 5. The minimum atomic E-state index is -0.332. The normalized spacial score (nSPS) is 23.0. The van der Waals surface area contributed by atoms with Crippen LogP contribution in [0.5, 0.6) is 0 Å². The van der Waals surface area contributed by atoms with Crippen LogP contribution in [0.2, 0.25) is 0 Å². The fourth-order valence-electron chi connectivity index (χ4n) is 2.29. The largest absolute Gasteiger partial charge is 0.376 e. The molecular weight excluding hydrogens is 372 g/mol. The molecule has 0 amide bonds. The Bertz CT molecular complexity index is 405. The lowest BCUT2D eigenvalue weighted by molar-refractivity contribution is -0.0939. The summed E-state index contributed by atoms with van der Waals surface area (Å²) in [6, 6.07) is 8.22. The van der Waals surface area contributed by atoms with Gasteiger partial charge in [-0.3, -0.25) is 0 Å². The van der Waals surface area contributed by atoms with Crippen LogP contribution in [0.15, 0.2) is 28.7 Å². The zero-order valence-corrected chi connectivity index (χ0v) is 14.4. The zero-order valence-electron chi connectivity index (χ0n) is 11.2. The number of ether oxygens (including phenoxy) is 2. The Hall–Kier alpha value is 0.100. The van der Waals surface area contributed by atoms with Crippen LogP contribution in [0, 0.1) is 0 Å². The quantitative estimate of drug-likeness (QED) is 0.680. The van der Waals surface area contributed by atoms with Gasteiger partial charge in [-0.25, -0.2) is 0 Å². The lowest BCUT2D eigenvalue weighted by Crippen LogP contribution is -2.34. The average molecular weight is 392 g/mol. The van der Waals surface area contributed by atoms with E-state index in [-0.39, 0.29) is 11.7 Å². The lowest BCUT2D eigenvalue weighted by Gasteiger charge is -2.32. The molecule has 0 radical (unpaired) electrons. The van der Waals surface area contributed by atoms with Gasteiger partial charge in [0.25, 0.3) is 0 Å². The second-order valence-electron chi connectivity index (χ2n) is 5.14. The van der Waals surface area contributed by atoms with Crippen LogP contribution in [-0.2, 0) is 15.1 Å². The summed E-state index contributed by atoms with van der Waals surface area (Å²) in [6.07, 6.45) is 3.77. The molecule has 1 aliphatic rings. The third kappa shape index (κ3) is 4.03. The first kappa shape index (κ1) is 15.5. The summed E-state index contributed by atoms with van der Waals surface area (Å²) in [6.45, 7) is 3.64. The number of benzene rings is 1. The van der Waals surface area contributed by atoms with Crippen molar-refractivity contribution < 1.29 is 9.47 Å². The second-order valence-corrected chi connectivity index (χ2v) is 6.56. The van der Waals surface area contributed by atoms with Crippen molar-refractivity contribution in [1.82, 2.24) is 0 Å². The van der Waals surface area contributed by atoms with Gasteiger partial charge in [-0.2, -0.15) is 0 Å². The maximum Gasteiger partial charge on any atom is 0.101 e. The van der Waals surface area contributed by atoms with Crippen LogP contribution in [0.3, 0.4) is 0 Å². The highest BCUT2D eigenvalue weighted by molar-refractivity contribution is 9.10. The van der Waals surface area contributed by atoms with Crippen LogP contribution in [0.25, 0.3) is 0 Å². The highest BCUT2D eigenvalue weighted by atomic mass is 79.9. The van der Waals surface area contributed by atoms with Crippen LogP contribution >= 0.6 is 31.9 Å². The molecule has 1 saturated heterocycles. The maximum atomic E-state index is 6.18. The van der Waals surface area contributed by atoms with E-state index in [1.54, 1.807) is 0 Å². The first-order chi connectivity index (χ1) is 9.15. The minimum absolute atomic E-state index is 0.245. The molecule has 4 heteroatoms. The van der Waals surface area contributed by atoms with Crippen molar-refractivity contribution in [3.05, 3.63) is 34.3 Å². The molecule has 0 aliphatic carbocycles. The number of alkyl halides is 1. The molecule has 0 aromatic heterocycles. The van der Waals surface area contributed by atoms with Gasteiger partial charge in [-0.05, 0) is 37.8 Å². The van der Waals surface area contributed by atoms with Crippen molar-refractivity contribution >= 4 is 31.9 Å².